The number of carbonyl (C=O) groups excluding carboxylic acids is 3. The standard InChI is InChI=1S/C37H40Cl2N8O4/c1-46-29-13-15-47(19-24-9-11-32(49)43-24)20-28(29)44-36(46)37(50)45-27-5-3-4-25(33(27)38)26-12-14-41-35(34(26)39)21-6-7-22(30(16-21)51-2)17-40-18-23-8-10-31(48)42-23/h3-7,12,14,16,23-24,40H,8-11,13,15,17-20H2,1-2H3,(H,42,48)(H,43,49)(H,45,50)/t23-,24-/m1/s1. The Hall–Kier alpha value is -4.49. The molecule has 0 bridgehead atoms. The molecule has 4 aromatic rings. The summed E-state index contributed by atoms with van der Waals surface area (Å²) in [4.78, 5) is 48.4. The second-order valence-corrected chi connectivity index (χ2v) is 14.0. The second kappa shape index (κ2) is 15.0. The lowest BCUT2D eigenvalue weighted by Crippen LogP contribution is -2.41. The number of nitrogens with one attached hydrogen (secondary N) is 4. The third-order valence-corrected chi connectivity index (χ3v) is 10.7. The summed E-state index contributed by atoms with van der Waals surface area (Å²) in [5.41, 5.74) is 5.95. The number of rotatable bonds is 11. The van der Waals surface area contributed by atoms with Crippen LogP contribution in [0.15, 0.2) is 48.7 Å². The van der Waals surface area contributed by atoms with Crippen LogP contribution in [-0.2, 0) is 36.1 Å². The fraction of sp³-hybridized carbons (Fsp3) is 0.378. The van der Waals surface area contributed by atoms with E-state index in [0.29, 0.717) is 76.6 Å². The van der Waals surface area contributed by atoms with Gasteiger partial charge in [-0.25, -0.2) is 4.98 Å². The van der Waals surface area contributed by atoms with Gasteiger partial charge in [-0.15, -0.1) is 0 Å². The topological polar surface area (TPSA) is 143 Å². The Kier molecular flexibility index (Phi) is 10.3. The van der Waals surface area contributed by atoms with E-state index in [1.807, 2.05) is 41.9 Å². The number of ether oxygens (including phenoxy) is 1. The normalized spacial score (nSPS) is 18.7. The summed E-state index contributed by atoms with van der Waals surface area (Å²) in [5.74, 6) is 0.828. The van der Waals surface area contributed by atoms with Gasteiger partial charge in [-0.1, -0.05) is 47.5 Å². The lowest BCUT2D eigenvalue weighted by atomic mass is 10.0. The number of hydrogen-bond donors (Lipinski definition) is 4. The van der Waals surface area contributed by atoms with Gasteiger partial charge in [-0.05, 0) is 31.0 Å². The molecule has 7 rings (SSSR count). The van der Waals surface area contributed by atoms with E-state index in [-0.39, 0.29) is 29.8 Å². The molecule has 2 aromatic carbocycles. The van der Waals surface area contributed by atoms with Crippen LogP contribution >= 0.6 is 23.2 Å². The number of halogens is 2. The minimum absolute atomic E-state index is 0.0947. The molecule has 5 heterocycles. The maximum absolute atomic E-state index is 13.6. The Bertz CT molecular complexity index is 2000. The second-order valence-electron chi connectivity index (χ2n) is 13.3. The molecule has 12 nitrogen and oxygen atoms in total. The van der Waals surface area contributed by atoms with Gasteiger partial charge in [0.05, 0.1) is 34.2 Å². The van der Waals surface area contributed by atoms with Crippen LogP contribution in [0.5, 0.6) is 5.75 Å². The highest BCUT2D eigenvalue weighted by Gasteiger charge is 2.29. The van der Waals surface area contributed by atoms with E-state index in [1.54, 1.807) is 25.4 Å². The number of anilines is 1. The Balaban J connectivity index is 1.06. The highest BCUT2D eigenvalue weighted by molar-refractivity contribution is 6.39. The van der Waals surface area contributed by atoms with Crippen molar-refractivity contribution in [3.05, 3.63) is 81.5 Å². The van der Waals surface area contributed by atoms with Crippen LogP contribution in [0.1, 0.15) is 53.3 Å². The van der Waals surface area contributed by atoms with Crippen molar-refractivity contribution in [2.45, 2.75) is 57.3 Å². The molecule has 2 saturated heterocycles. The van der Waals surface area contributed by atoms with Crippen LogP contribution in [0, 0.1) is 0 Å². The summed E-state index contributed by atoms with van der Waals surface area (Å²) in [5, 5.41) is 13.1. The number of benzene rings is 2. The molecule has 266 valence electrons. The number of hydrogen-bond acceptors (Lipinski definition) is 8. The van der Waals surface area contributed by atoms with Crippen molar-refractivity contribution in [2.24, 2.45) is 7.05 Å². The van der Waals surface area contributed by atoms with Crippen LogP contribution in [0.4, 0.5) is 5.69 Å². The molecule has 4 N–H and O–H groups in total. The predicted octanol–water partition coefficient (Wildman–Crippen LogP) is 4.72. The van der Waals surface area contributed by atoms with E-state index in [2.05, 4.69) is 31.2 Å². The number of methoxy groups -OCH3 is 1. The number of amides is 3. The molecule has 2 atom stereocenters. The highest BCUT2D eigenvalue weighted by Crippen LogP contribution is 2.41. The van der Waals surface area contributed by atoms with Crippen molar-refractivity contribution in [3.8, 4) is 28.1 Å². The zero-order valence-electron chi connectivity index (χ0n) is 28.5. The molecule has 3 amide bonds. The smallest absolute Gasteiger partial charge is 0.291 e. The number of imidazole rings is 1. The molecule has 2 aromatic heterocycles. The summed E-state index contributed by atoms with van der Waals surface area (Å²) >= 11 is 14.0. The number of fused-ring (bicyclic) bond motifs is 1. The molecule has 14 heteroatoms. The van der Waals surface area contributed by atoms with E-state index in [1.165, 1.54) is 0 Å². The SMILES string of the molecule is COc1cc(-c2nccc(-c3cccc(NC(=O)c4nc5c(n4C)CCN(C[C@H]4CCC(=O)N4)C5)c3Cl)c2Cl)ccc1CNC[C@H]1CCC(=O)N1. The summed E-state index contributed by atoms with van der Waals surface area (Å²) in [7, 11) is 3.48. The van der Waals surface area contributed by atoms with Crippen LogP contribution in [-0.4, -0.2) is 76.0 Å². The lowest BCUT2D eigenvalue weighted by Gasteiger charge is -2.28. The van der Waals surface area contributed by atoms with Crippen molar-refractivity contribution >= 4 is 46.6 Å². The first-order valence-corrected chi connectivity index (χ1v) is 17.9. The van der Waals surface area contributed by atoms with Crippen molar-refractivity contribution in [1.29, 1.82) is 0 Å². The first-order valence-electron chi connectivity index (χ1n) is 17.2. The summed E-state index contributed by atoms with van der Waals surface area (Å²) in [6.07, 6.45) is 5.25. The van der Waals surface area contributed by atoms with E-state index < -0.39 is 0 Å². The van der Waals surface area contributed by atoms with Crippen molar-refractivity contribution in [1.82, 2.24) is 35.4 Å². The molecule has 0 radical (unpaired) electrons. The third kappa shape index (κ3) is 7.45. The average Bonchev–Trinajstić information content (AvgIpc) is 3.83. The maximum atomic E-state index is 13.6. The van der Waals surface area contributed by atoms with Gasteiger partial charge in [0.15, 0.2) is 5.82 Å². The quantitative estimate of drug-likeness (QED) is 0.174. The van der Waals surface area contributed by atoms with Crippen LogP contribution in [0.2, 0.25) is 10.0 Å². The van der Waals surface area contributed by atoms with E-state index >= 15 is 0 Å². The number of aromatic nitrogens is 3. The molecular weight excluding hydrogens is 691 g/mol. The molecule has 0 unspecified atom stereocenters. The molecule has 51 heavy (non-hydrogen) atoms. The monoisotopic (exact) mass is 730 g/mol. The zero-order chi connectivity index (χ0) is 35.6. The predicted molar refractivity (Wildman–Crippen MR) is 196 cm³/mol. The Morgan fingerprint density at radius 2 is 1.76 bits per heavy atom. The van der Waals surface area contributed by atoms with Gasteiger partial charge in [-0.3, -0.25) is 24.3 Å². The number of carbonyl (C=O) groups is 3. The highest BCUT2D eigenvalue weighted by atomic mass is 35.5. The van der Waals surface area contributed by atoms with E-state index in [0.717, 1.165) is 54.9 Å². The molecule has 0 saturated carbocycles. The first-order chi connectivity index (χ1) is 24.7. The molecule has 2 fully saturated rings. The van der Waals surface area contributed by atoms with Gasteiger partial charge < -0.3 is 30.6 Å². The minimum atomic E-state index is -0.364. The molecule has 0 spiro atoms. The number of pyridine rings is 1. The largest absolute Gasteiger partial charge is 0.496 e. The molecule has 3 aliphatic heterocycles. The summed E-state index contributed by atoms with van der Waals surface area (Å²) in [6.45, 7) is 3.47. The molecule has 3 aliphatic rings. The summed E-state index contributed by atoms with van der Waals surface area (Å²) in [6, 6.07) is 13.3. The van der Waals surface area contributed by atoms with Crippen molar-refractivity contribution < 1.29 is 19.1 Å². The first kappa shape index (κ1) is 34.9. The van der Waals surface area contributed by atoms with Crippen LogP contribution in [0.25, 0.3) is 22.4 Å². The van der Waals surface area contributed by atoms with Crippen molar-refractivity contribution in [2.75, 3.05) is 32.1 Å². The lowest BCUT2D eigenvalue weighted by molar-refractivity contribution is -0.120. The van der Waals surface area contributed by atoms with E-state index in [4.69, 9.17) is 32.9 Å². The molecular formula is C37H40Cl2N8O4. The van der Waals surface area contributed by atoms with Crippen LogP contribution < -0.4 is 26.0 Å². The maximum Gasteiger partial charge on any atom is 0.291 e. The fourth-order valence-electron chi connectivity index (χ4n) is 7.18. The van der Waals surface area contributed by atoms with Gasteiger partial charge in [0.1, 0.15) is 5.75 Å². The summed E-state index contributed by atoms with van der Waals surface area (Å²) < 4.78 is 7.57. The van der Waals surface area contributed by atoms with Gasteiger partial charge in [0.25, 0.3) is 5.91 Å². The van der Waals surface area contributed by atoms with Crippen molar-refractivity contribution in [3.63, 3.8) is 0 Å². The average molecular weight is 732 g/mol. The molecule has 0 aliphatic carbocycles. The third-order valence-electron chi connectivity index (χ3n) is 9.88. The van der Waals surface area contributed by atoms with Gasteiger partial charge in [0, 0.05) is 105 Å². The van der Waals surface area contributed by atoms with E-state index in [9.17, 15) is 14.4 Å². The Morgan fingerprint density at radius 3 is 2.51 bits per heavy atom. The number of nitrogens with zero attached hydrogens (tertiary/aromatic N) is 4. The Labute approximate surface area is 306 Å². The Morgan fingerprint density at radius 1 is 1.00 bits per heavy atom. The van der Waals surface area contributed by atoms with Gasteiger partial charge in [-0.2, -0.15) is 0 Å². The van der Waals surface area contributed by atoms with Crippen LogP contribution in [0.3, 0.4) is 0 Å². The minimum Gasteiger partial charge on any atom is -0.496 e. The van der Waals surface area contributed by atoms with Gasteiger partial charge >= 0.3 is 0 Å². The zero-order valence-corrected chi connectivity index (χ0v) is 30.0. The van der Waals surface area contributed by atoms with Gasteiger partial charge in [0.2, 0.25) is 11.8 Å². The fourth-order valence-corrected chi connectivity index (χ4v) is 7.78.